The molecule has 1 unspecified atom stereocenters. The van der Waals surface area contributed by atoms with Crippen LogP contribution in [-0.4, -0.2) is 29.7 Å². The molecule has 0 aliphatic rings. The van der Waals surface area contributed by atoms with Gasteiger partial charge in [-0.1, -0.05) is 11.6 Å². The zero-order valence-corrected chi connectivity index (χ0v) is 20.0. The first kappa shape index (κ1) is 25.9. The Balaban J connectivity index is 2.03. The number of benzene rings is 1. The Labute approximate surface area is 202 Å². The summed E-state index contributed by atoms with van der Waals surface area (Å²) in [7, 11) is -3.72. The Morgan fingerprint density at radius 2 is 1.97 bits per heavy atom. The lowest BCUT2D eigenvalue weighted by molar-refractivity contribution is -0.141. The third-order valence-electron chi connectivity index (χ3n) is 4.45. The lowest BCUT2D eigenvalue weighted by Crippen LogP contribution is -2.28. The van der Waals surface area contributed by atoms with Gasteiger partial charge in [-0.25, -0.2) is 18.4 Å². The molecule has 0 saturated heterocycles. The summed E-state index contributed by atoms with van der Waals surface area (Å²) < 4.78 is 64.1. The Morgan fingerprint density at radius 1 is 1.32 bits per heavy atom. The fraction of sp³-hybridized carbons (Fsp3) is 0.250. The van der Waals surface area contributed by atoms with Gasteiger partial charge in [0.1, 0.15) is 5.69 Å². The SMILES string of the molecule is Cc1sc(N(Cc2cnc(C(F)(F)F)c(Cl)c2)c2ccc(C#N)cc2)nc1C(O)NS(C)(=O)=O. The Hall–Kier alpha value is -2.76. The van der Waals surface area contributed by atoms with Crippen molar-refractivity contribution in [1.82, 2.24) is 14.7 Å². The monoisotopic (exact) mass is 531 g/mol. The lowest BCUT2D eigenvalue weighted by atomic mass is 10.2. The number of pyridine rings is 1. The Morgan fingerprint density at radius 3 is 2.50 bits per heavy atom. The van der Waals surface area contributed by atoms with E-state index < -0.39 is 33.1 Å². The number of sulfonamides is 1. The number of nitrogens with one attached hydrogen (secondary N) is 1. The van der Waals surface area contributed by atoms with Crippen molar-refractivity contribution >= 4 is 43.8 Å². The lowest BCUT2D eigenvalue weighted by Gasteiger charge is -2.22. The molecule has 2 heterocycles. The molecule has 34 heavy (non-hydrogen) atoms. The maximum absolute atomic E-state index is 13.0. The largest absolute Gasteiger partial charge is 0.434 e. The maximum atomic E-state index is 13.0. The molecule has 0 spiro atoms. The van der Waals surface area contributed by atoms with Gasteiger partial charge in [0.25, 0.3) is 0 Å². The molecule has 2 aromatic heterocycles. The summed E-state index contributed by atoms with van der Waals surface area (Å²) in [6.45, 7) is 1.63. The van der Waals surface area contributed by atoms with Crippen LogP contribution in [0.3, 0.4) is 0 Å². The van der Waals surface area contributed by atoms with Gasteiger partial charge < -0.3 is 10.0 Å². The van der Waals surface area contributed by atoms with Gasteiger partial charge in [0.15, 0.2) is 17.1 Å². The van der Waals surface area contributed by atoms with E-state index in [1.807, 2.05) is 10.8 Å². The van der Waals surface area contributed by atoms with Gasteiger partial charge >= 0.3 is 6.18 Å². The number of aliphatic hydroxyl groups is 1. The third-order valence-corrected chi connectivity index (χ3v) is 6.40. The maximum Gasteiger partial charge on any atom is 0.434 e. The quantitative estimate of drug-likeness (QED) is 0.437. The van der Waals surface area contributed by atoms with Crippen molar-refractivity contribution in [2.75, 3.05) is 11.2 Å². The Bertz CT molecular complexity index is 1340. The zero-order chi connectivity index (χ0) is 25.3. The smallest absolute Gasteiger partial charge is 0.372 e. The van der Waals surface area contributed by atoms with E-state index in [4.69, 9.17) is 16.9 Å². The van der Waals surface area contributed by atoms with E-state index in [1.54, 1.807) is 36.1 Å². The highest BCUT2D eigenvalue weighted by molar-refractivity contribution is 7.88. The van der Waals surface area contributed by atoms with Crippen LogP contribution in [0.2, 0.25) is 5.02 Å². The summed E-state index contributed by atoms with van der Waals surface area (Å²) >= 11 is 6.95. The molecule has 0 aliphatic heterocycles. The van der Waals surface area contributed by atoms with Crippen molar-refractivity contribution < 1.29 is 26.7 Å². The van der Waals surface area contributed by atoms with E-state index in [2.05, 4.69) is 9.97 Å². The first-order chi connectivity index (χ1) is 15.8. The average molecular weight is 532 g/mol. The van der Waals surface area contributed by atoms with Crippen molar-refractivity contribution in [3.05, 3.63) is 68.9 Å². The summed E-state index contributed by atoms with van der Waals surface area (Å²) in [6, 6.07) is 9.51. The summed E-state index contributed by atoms with van der Waals surface area (Å²) in [5, 5.41) is 19.1. The summed E-state index contributed by atoms with van der Waals surface area (Å²) in [6.07, 6.45) is -4.35. The highest BCUT2D eigenvalue weighted by Crippen LogP contribution is 2.36. The van der Waals surface area contributed by atoms with Gasteiger partial charge in [0.2, 0.25) is 10.0 Å². The van der Waals surface area contributed by atoms with Crippen LogP contribution < -0.4 is 9.62 Å². The van der Waals surface area contributed by atoms with Crippen LogP contribution in [0, 0.1) is 18.3 Å². The van der Waals surface area contributed by atoms with Gasteiger partial charge in [-0.2, -0.15) is 23.2 Å². The molecule has 0 fully saturated rings. The van der Waals surface area contributed by atoms with E-state index >= 15 is 0 Å². The van der Waals surface area contributed by atoms with Crippen LogP contribution in [-0.2, 0) is 22.7 Å². The summed E-state index contributed by atoms with van der Waals surface area (Å²) in [4.78, 5) is 9.94. The van der Waals surface area contributed by atoms with Crippen molar-refractivity contribution in [3.8, 4) is 6.07 Å². The molecular weight excluding hydrogens is 515 g/mol. The number of hydrogen-bond donors (Lipinski definition) is 2. The molecule has 2 N–H and O–H groups in total. The molecule has 3 aromatic rings. The molecule has 0 saturated carbocycles. The molecule has 0 radical (unpaired) electrons. The number of anilines is 2. The van der Waals surface area contributed by atoms with E-state index in [1.165, 1.54) is 0 Å². The molecule has 3 rings (SSSR count). The van der Waals surface area contributed by atoms with Crippen LogP contribution in [0.1, 0.15) is 33.6 Å². The summed E-state index contributed by atoms with van der Waals surface area (Å²) in [5.74, 6) is 0. The molecule has 0 aliphatic carbocycles. The number of nitriles is 1. The highest BCUT2D eigenvalue weighted by Gasteiger charge is 2.35. The fourth-order valence-electron chi connectivity index (χ4n) is 2.96. The van der Waals surface area contributed by atoms with Gasteiger partial charge in [0.05, 0.1) is 29.5 Å². The molecule has 14 heteroatoms. The van der Waals surface area contributed by atoms with E-state index in [0.29, 0.717) is 26.8 Å². The minimum atomic E-state index is -4.70. The number of rotatable bonds is 7. The second-order valence-electron chi connectivity index (χ2n) is 7.15. The van der Waals surface area contributed by atoms with Crippen molar-refractivity contribution in [2.45, 2.75) is 25.9 Å². The minimum absolute atomic E-state index is 0.00124. The number of aryl methyl sites for hydroxylation is 1. The average Bonchev–Trinajstić information content (AvgIpc) is 3.11. The third kappa shape index (κ3) is 6.22. The number of halogens is 4. The Kier molecular flexibility index (Phi) is 7.49. The number of alkyl halides is 3. The van der Waals surface area contributed by atoms with Gasteiger partial charge in [-0.15, -0.1) is 11.3 Å². The number of aliphatic hydroxyl groups excluding tert-OH is 1. The van der Waals surface area contributed by atoms with E-state index in [-0.39, 0.29) is 12.2 Å². The number of thiazole rings is 1. The first-order valence-corrected chi connectivity index (χ1v) is 12.5. The van der Waals surface area contributed by atoms with Crippen LogP contribution in [0.25, 0.3) is 0 Å². The van der Waals surface area contributed by atoms with Gasteiger partial charge in [0, 0.05) is 16.8 Å². The molecule has 1 aromatic carbocycles. The van der Waals surface area contributed by atoms with Crippen LogP contribution in [0.5, 0.6) is 0 Å². The number of aromatic nitrogens is 2. The normalized spacial score (nSPS) is 12.9. The first-order valence-electron chi connectivity index (χ1n) is 9.40. The number of hydrogen-bond acceptors (Lipinski definition) is 8. The molecular formula is C20H17ClF3N5O3S2. The molecule has 8 nitrogen and oxygen atoms in total. The van der Waals surface area contributed by atoms with Crippen molar-refractivity contribution in [2.24, 2.45) is 0 Å². The van der Waals surface area contributed by atoms with Crippen molar-refractivity contribution in [1.29, 1.82) is 5.26 Å². The predicted molar refractivity (Wildman–Crippen MR) is 121 cm³/mol. The topological polar surface area (TPSA) is 119 Å². The molecule has 0 bridgehead atoms. The van der Waals surface area contributed by atoms with Crippen molar-refractivity contribution in [3.63, 3.8) is 0 Å². The molecule has 1 atom stereocenters. The van der Waals surface area contributed by atoms with Gasteiger partial charge in [-0.3, -0.25) is 0 Å². The molecule has 0 amide bonds. The van der Waals surface area contributed by atoms with Crippen LogP contribution >= 0.6 is 22.9 Å². The molecule has 180 valence electrons. The van der Waals surface area contributed by atoms with Gasteiger partial charge in [-0.05, 0) is 42.8 Å². The standard InChI is InChI=1S/C20H17ClF3N5O3S2/c1-11-16(18(30)28-34(2,31)32)27-19(33-11)29(14-5-3-12(8-25)4-6-14)10-13-7-15(21)17(26-9-13)20(22,23)24/h3-7,9,18,28,30H,10H2,1-2H3. The zero-order valence-electron chi connectivity index (χ0n) is 17.6. The predicted octanol–water partition coefficient (Wildman–Crippen LogP) is 4.27. The number of nitrogens with zero attached hydrogens (tertiary/aromatic N) is 4. The highest BCUT2D eigenvalue weighted by atomic mass is 35.5. The van der Waals surface area contributed by atoms with Crippen LogP contribution in [0.4, 0.5) is 24.0 Å². The van der Waals surface area contributed by atoms with E-state index in [0.717, 1.165) is 29.9 Å². The fourth-order valence-corrected chi connectivity index (χ4v) is 4.74. The second kappa shape index (κ2) is 9.85. The van der Waals surface area contributed by atoms with Crippen LogP contribution in [0.15, 0.2) is 36.5 Å². The van der Waals surface area contributed by atoms with E-state index in [9.17, 15) is 26.7 Å². The minimum Gasteiger partial charge on any atom is -0.372 e. The summed E-state index contributed by atoms with van der Waals surface area (Å²) in [5.41, 5.74) is 0.150. The second-order valence-corrected chi connectivity index (χ2v) is 10.5.